The molecule has 0 bridgehead atoms. The molecule has 0 radical (unpaired) electrons. The van der Waals surface area contributed by atoms with Crippen molar-refractivity contribution in [3.8, 4) is 22.8 Å². The molecular weight excluding hydrogens is 290 g/mol. The van der Waals surface area contributed by atoms with Crippen LogP contribution in [0.5, 0.6) is 11.5 Å². The van der Waals surface area contributed by atoms with Crippen LogP contribution < -0.4 is 15.2 Å². The molecule has 5 heteroatoms. The Morgan fingerprint density at radius 3 is 2.52 bits per heavy atom. The molecular formula is C18H19N3O2. The van der Waals surface area contributed by atoms with Gasteiger partial charge in [0, 0.05) is 18.7 Å². The molecule has 2 aromatic carbocycles. The third kappa shape index (κ3) is 3.13. The van der Waals surface area contributed by atoms with E-state index in [1.807, 2.05) is 61.6 Å². The summed E-state index contributed by atoms with van der Waals surface area (Å²) in [5.41, 5.74) is 8.59. The first-order chi connectivity index (χ1) is 11.2. The van der Waals surface area contributed by atoms with Crippen molar-refractivity contribution in [3.05, 3.63) is 60.2 Å². The number of para-hydroxylation sites is 1. The van der Waals surface area contributed by atoms with Crippen LogP contribution in [0.15, 0.2) is 54.6 Å². The van der Waals surface area contributed by atoms with E-state index < -0.39 is 0 Å². The number of anilines is 1. The van der Waals surface area contributed by atoms with Crippen LogP contribution in [0.1, 0.15) is 5.56 Å². The fourth-order valence-corrected chi connectivity index (χ4v) is 2.37. The molecule has 3 rings (SSSR count). The number of benzene rings is 2. The van der Waals surface area contributed by atoms with Crippen molar-refractivity contribution in [3.63, 3.8) is 0 Å². The van der Waals surface area contributed by atoms with Gasteiger partial charge in [0.1, 0.15) is 12.4 Å². The fourth-order valence-electron chi connectivity index (χ4n) is 2.37. The van der Waals surface area contributed by atoms with Crippen molar-refractivity contribution in [1.29, 1.82) is 0 Å². The van der Waals surface area contributed by atoms with E-state index in [9.17, 15) is 0 Å². The lowest BCUT2D eigenvalue weighted by Crippen LogP contribution is -2.00. The van der Waals surface area contributed by atoms with E-state index in [4.69, 9.17) is 15.2 Å². The van der Waals surface area contributed by atoms with E-state index in [1.165, 1.54) is 0 Å². The zero-order chi connectivity index (χ0) is 16.2. The maximum atomic E-state index is 6.03. The second kappa shape index (κ2) is 6.44. The van der Waals surface area contributed by atoms with Gasteiger partial charge in [-0.15, -0.1) is 0 Å². The fraction of sp³-hybridized carbons (Fsp3) is 0.167. The summed E-state index contributed by atoms with van der Waals surface area (Å²) in [4.78, 5) is 0. The van der Waals surface area contributed by atoms with Crippen LogP contribution in [0.2, 0.25) is 0 Å². The van der Waals surface area contributed by atoms with E-state index in [2.05, 4.69) is 5.10 Å². The van der Waals surface area contributed by atoms with Gasteiger partial charge in [-0.1, -0.05) is 36.4 Å². The Morgan fingerprint density at radius 2 is 1.87 bits per heavy atom. The van der Waals surface area contributed by atoms with Crippen LogP contribution in [0, 0.1) is 0 Å². The van der Waals surface area contributed by atoms with Gasteiger partial charge in [0.25, 0.3) is 0 Å². The number of hydrogen-bond donors (Lipinski definition) is 1. The lowest BCUT2D eigenvalue weighted by Gasteiger charge is -2.14. The Kier molecular flexibility index (Phi) is 4.19. The van der Waals surface area contributed by atoms with E-state index >= 15 is 0 Å². The first-order valence-corrected chi connectivity index (χ1v) is 7.32. The van der Waals surface area contributed by atoms with E-state index in [-0.39, 0.29) is 0 Å². The van der Waals surface area contributed by atoms with Gasteiger partial charge in [0.05, 0.1) is 12.8 Å². The quantitative estimate of drug-likeness (QED) is 0.786. The molecule has 23 heavy (non-hydrogen) atoms. The van der Waals surface area contributed by atoms with Crippen molar-refractivity contribution in [1.82, 2.24) is 9.78 Å². The number of nitrogens with two attached hydrogens (primary N) is 1. The molecule has 0 saturated carbocycles. The highest BCUT2D eigenvalue weighted by molar-refractivity contribution is 5.72. The normalized spacial score (nSPS) is 10.5. The number of nitrogens with zero attached hydrogens (tertiary/aromatic N) is 2. The molecule has 0 amide bonds. The summed E-state index contributed by atoms with van der Waals surface area (Å²) in [5, 5.41) is 4.43. The van der Waals surface area contributed by atoms with Crippen molar-refractivity contribution in [2.75, 3.05) is 12.8 Å². The van der Waals surface area contributed by atoms with Gasteiger partial charge < -0.3 is 15.2 Å². The van der Waals surface area contributed by atoms with E-state index in [0.717, 1.165) is 16.8 Å². The Hall–Kier alpha value is -2.95. The zero-order valence-corrected chi connectivity index (χ0v) is 13.2. The summed E-state index contributed by atoms with van der Waals surface area (Å²) < 4.78 is 13.1. The standard InChI is InChI=1S/C18H19N3O2/c1-21-17(19)11-15(20-21)14-9-6-10-16(22-2)18(14)23-12-13-7-4-3-5-8-13/h3-11H,12,19H2,1-2H3. The largest absolute Gasteiger partial charge is 0.493 e. The molecule has 118 valence electrons. The van der Waals surface area contributed by atoms with Crippen LogP contribution in [-0.2, 0) is 13.7 Å². The minimum absolute atomic E-state index is 0.455. The highest BCUT2D eigenvalue weighted by atomic mass is 16.5. The lowest BCUT2D eigenvalue weighted by molar-refractivity contribution is 0.286. The maximum absolute atomic E-state index is 6.03. The topological polar surface area (TPSA) is 62.3 Å². The van der Waals surface area contributed by atoms with Gasteiger partial charge in [0.15, 0.2) is 11.5 Å². The minimum Gasteiger partial charge on any atom is -0.493 e. The molecule has 0 aliphatic rings. The molecule has 0 aliphatic heterocycles. The van der Waals surface area contributed by atoms with Crippen LogP contribution in [0.3, 0.4) is 0 Å². The first kappa shape index (κ1) is 15.0. The van der Waals surface area contributed by atoms with Gasteiger partial charge in [-0.05, 0) is 17.7 Å². The van der Waals surface area contributed by atoms with Gasteiger partial charge in [0.2, 0.25) is 0 Å². The summed E-state index contributed by atoms with van der Waals surface area (Å²) in [5.74, 6) is 1.93. The van der Waals surface area contributed by atoms with Crippen LogP contribution >= 0.6 is 0 Å². The monoisotopic (exact) mass is 309 g/mol. The Bertz CT molecular complexity index is 778. The number of ether oxygens (including phenoxy) is 2. The second-order valence-electron chi connectivity index (χ2n) is 5.19. The smallest absolute Gasteiger partial charge is 0.171 e. The van der Waals surface area contributed by atoms with Crippen molar-refractivity contribution in [2.24, 2.45) is 7.05 Å². The van der Waals surface area contributed by atoms with Crippen LogP contribution in [0.4, 0.5) is 5.82 Å². The predicted octanol–water partition coefficient (Wildman–Crippen LogP) is 3.26. The first-order valence-electron chi connectivity index (χ1n) is 7.32. The van der Waals surface area contributed by atoms with Crippen molar-refractivity contribution < 1.29 is 9.47 Å². The molecule has 2 N–H and O–H groups in total. The SMILES string of the molecule is COc1cccc(-c2cc(N)n(C)n2)c1OCc1ccccc1. The zero-order valence-electron chi connectivity index (χ0n) is 13.2. The van der Waals surface area contributed by atoms with Gasteiger partial charge in [-0.3, -0.25) is 4.68 Å². The summed E-state index contributed by atoms with van der Waals surface area (Å²) in [7, 11) is 3.44. The second-order valence-corrected chi connectivity index (χ2v) is 5.19. The number of nitrogen functional groups attached to an aromatic ring is 1. The maximum Gasteiger partial charge on any atom is 0.171 e. The average Bonchev–Trinajstić information content (AvgIpc) is 2.92. The minimum atomic E-state index is 0.455. The van der Waals surface area contributed by atoms with Crippen molar-refractivity contribution >= 4 is 5.82 Å². The number of rotatable bonds is 5. The average molecular weight is 309 g/mol. The van der Waals surface area contributed by atoms with E-state index in [1.54, 1.807) is 11.8 Å². The third-order valence-corrected chi connectivity index (χ3v) is 3.62. The van der Waals surface area contributed by atoms with Gasteiger partial charge in [-0.2, -0.15) is 5.10 Å². The lowest BCUT2D eigenvalue weighted by atomic mass is 10.1. The molecule has 0 unspecified atom stereocenters. The Morgan fingerprint density at radius 1 is 1.09 bits per heavy atom. The summed E-state index contributed by atoms with van der Waals surface area (Å²) in [6.07, 6.45) is 0. The molecule has 1 heterocycles. The molecule has 0 aliphatic carbocycles. The molecule has 1 aromatic heterocycles. The Balaban J connectivity index is 1.96. The summed E-state index contributed by atoms with van der Waals surface area (Å²) in [6, 6.07) is 17.6. The molecule has 0 atom stereocenters. The predicted molar refractivity (Wildman–Crippen MR) is 90.4 cm³/mol. The highest BCUT2D eigenvalue weighted by Crippen LogP contribution is 2.38. The molecule has 0 fully saturated rings. The Labute approximate surface area is 135 Å². The van der Waals surface area contributed by atoms with E-state index in [0.29, 0.717) is 23.9 Å². The third-order valence-electron chi connectivity index (χ3n) is 3.62. The highest BCUT2D eigenvalue weighted by Gasteiger charge is 2.15. The summed E-state index contributed by atoms with van der Waals surface area (Å²) in [6.45, 7) is 0.455. The van der Waals surface area contributed by atoms with Crippen LogP contribution in [-0.4, -0.2) is 16.9 Å². The number of hydrogen-bond acceptors (Lipinski definition) is 4. The molecule has 5 nitrogen and oxygen atoms in total. The molecule has 0 spiro atoms. The molecule has 3 aromatic rings. The van der Waals surface area contributed by atoms with Crippen molar-refractivity contribution in [2.45, 2.75) is 6.61 Å². The number of methoxy groups -OCH3 is 1. The molecule has 0 saturated heterocycles. The number of aromatic nitrogens is 2. The van der Waals surface area contributed by atoms with Gasteiger partial charge in [-0.25, -0.2) is 0 Å². The van der Waals surface area contributed by atoms with Gasteiger partial charge >= 0.3 is 0 Å². The number of aryl methyl sites for hydroxylation is 1. The van der Waals surface area contributed by atoms with Crippen LogP contribution in [0.25, 0.3) is 11.3 Å². The summed E-state index contributed by atoms with van der Waals surface area (Å²) >= 11 is 0.